The van der Waals surface area contributed by atoms with Crippen LogP contribution in [0.15, 0.2) is 28.0 Å². The molecule has 8 nitrogen and oxygen atoms in total. The van der Waals surface area contributed by atoms with Crippen molar-refractivity contribution in [3.63, 3.8) is 0 Å². The molecular weight excluding hydrogens is 472 g/mol. The van der Waals surface area contributed by atoms with Gasteiger partial charge in [0.15, 0.2) is 0 Å². The first kappa shape index (κ1) is 24.8. The molecule has 1 amide bonds. The molecule has 0 saturated carbocycles. The molecule has 0 aliphatic carbocycles. The molecule has 0 radical (unpaired) electrons. The van der Waals surface area contributed by atoms with Gasteiger partial charge in [-0.1, -0.05) is 30.0 Å². The van der Waals surface area contributed by atoms with Gasteiger partial charge in [0.2, 0.25) is 0 Å². The maximum absolute atomic E-state index is 13.6. The van der Waals surface area contributed by atoms with Gasteiger partial charge in [0.25, 0.3) is 11.5 Å². The summed E-state index contributed by atoms with van der Waals surface area (Å²) in [6, 6.07) is 3.78. The Labute approximate surface area is 208 Å². The lowest BCUT2D eigenvalue weighted by atomic mass is 10.1. The third-order valence-electron chi connectivity index (χ3n) is 5.73. The fraction of sp³-hybridized carbons (Fsp3) is 0.500. The van der Waals surface area contributed by atoms with Gasteiger partial charge in [-0.25, -0.2) is 4.98 Å². The van der Waals surface area contributed by atoms with Crippen molar-refractivity contribution in [1.82, 2.24) is 14.3 Å². The highest BCUT2D eigenvalue weighted by molar-refractivity contribution is 8.26. The first-order valence-electron chi connectivity index (χ1n) is 11.5. The predicted octanol–water partition coefficient (Wildman–Crippen LogP) is 3.24. The normalized spacial score (nSPS) is 22.4. The Morgan fingerprint density at radius 1 is 1.26 bits per heavy atom. The zero-order chi connectivity index (χ0) is 24.4. The lowest BCUT2D eigenvalue weighted by molar-refractivity contribution is -0.122. The van der Waals surface area contributed by atoms with Crippen LogP contribution in [0.2, 0.25) is 0 Å². The Balaban J connectivity index is 1.75. The summed E-state index contributed by atoms with van der Waals surface area (Å²) in [6.45, 7) is 10.8. The molecule has 0 aromatic carbocycles. The summed E-state index contributed by atoms with van der Waals surface area (Å²) in [4.78, 5) is 35.7. The standard InChI is InChI=1S/C24H30N4O4S2/c1-5-31-10-6-9-27-23(30)19(34-24(27)33)11-18-21(26-13-16(3)32-17(4)14-26)25-20-8-7-15(2)12-28(20)22(18)29/h7-8,11-12,16-17H,5-6,9-10,13-14H2,1-4H3. The third kappa shape index (κ3) is 5.19. The highest BCUT2D eigenvalue weighted by Gasteiger charge is 2.33. The lowest BCUT2D eigenvalue weighted by Gasteiger charge is -2.36. The molecule has 2 saturated heterocycles. The number of aryl methyl sites for hydroxylation is 1. The summed E-state index contributed by atoms with van der Waals surface area (Å²) >= 11 is 6.69. The summed E-state index contributed by atoms with van der Waals surface area (Å²) in [5, 5.41) is 0. The number of nitrogens with zero attached hydrogens (tertiary/aromatic N) is 4. The Morgan fingerprint density at radius 2 is 2.00 bits per heavy atom. The molecule has 34 heavy (non-hydrogen) atoms. The van der Waals surface area contributed by atoms with Gasteiger partial charge in [-0.15, -0.1) is 0 Å². The van der Waals surface area contributed by atoms with E-state index in [1.807, 2.05) is 39.8 Å². The van der Waals surface area contributed by atoms with E-state index >= 15 is 0 Å². The van der Waals surface area contributed by atoms with Crippen LogP contribution in [0, 0.1) is 6.92 Å². The van der Waals surface area contributed by atoms with Crippen molar-refractivity contribution in [2.45, 2.75) is 46.3 Å². The number of pyridine rings is 1. The van der Waals surface area contributed by atoms with Crippen LogP contribution in [-0.4, -0.2) is 69.6 Å². The smallest absolute Gasteiger partial charge is 0.267 e. The first-order chi connectivity index (χ1) is 16.3. The molecule has 2 aromatic rings. The Kier molecular flexibility index (Phi) is 7.71. The van der Waals surface area contributed by atoms with E-state index in [0.717, 1.165) is 5.56 Å². The van der Waals surface area contributed by atoms with Gasteiger partial charge in [-0.3, -0.25) is 18.9 Å². The number of morpholine rings is 1. The number of carbonyl (C=O) groups is 1. The quantitative estimate of drug-likeness (QED) is 0.325. The minimum absolute atomic E-state index is 0.00146. The summed E-state index contributed by atoms with van der Waals surface area (Å²) in [5.74, 6) is 0.382. The number of thiocarbonyl (C=S) groups is 1. The molecule has 2 atom stereocenters. The molecule has 10 heteroatoms. The Morgan fingerprint density at radius 3 is 2.71 bits per heavy atom. The van der Waals surface area contributed by atoms with Crippen molar-refractivity contribution < 1.29 is 14.3 Å². The molecule has 2 aliphatic heterocycles. The van der Waals surface area contributed by atoms with E-state index in [9.17, 15) is 9.59 Å². The number of anilines is 1. The van der Waals surface area contributed by atoms with Gasteiger partial charge >= 0.3 is 0 Å². The van der Waals surface area contributed by atoms with E-state index in [4.69, 9.17) is 26.7 Å². The SMILES string of the molecule is CCOCCCN1C(=O)C(=Cc2c(N3CC(C)OC(C)C3)nc3ccc(C)cn3c2=O)SC1=S. The average Bonchev–Trinajstić information content (AvgIpc) is 3.05. The topological polar surface area (TPSA) is 76.4 Å². The molecule has 2 aliphatic rings. The molecular formula is C24H30N4O4S2. The predicted molar refractivity (Wildman–Crippen MR) is 139 cm³/mol. The van der Waals surface area contributed by atoms with Crippen LogP contribution < -0.4 is 10.5 Å². The minimum atomic E-state index is -0.211. The molecule has 2 fully saturated rings. The molecule has 2 aromatic heterocycles. The second kappa shape index (κ2) is 10.6. The van der Waals surface area contributed by atoms with Crippen molar-refractivity contribution in [3.8, 4) is 0 Å². The number of carbonyl (C=O) groups excluding carboxylic acids is 1. The Bertz CT molecular complexity index is 1190. The highest BCUT2D eigenvalue weighted by Crippen LogP contribution is 2.34. The number of fused-ring (bicyclic) bond motifs is 1. The fourth-order valence-electron chi connectivity index (χ4n) is 4.26. The van der Waals surface area contributed by atoms with Crippen LogP contribution in [-0.2, 0) is 14.3 Å². The van der Waals surface area contributed by atoms with Crippen LogP contribution >= 0.6 is 24.0 Å². The molecule has 0 bridgehead atoms. The second-order valence-corrected chi connectivity index (χ2v) is 10.3. The molecule has 0 N–H and O–H groups in total. The molecule has 4 heterocycles. The van der Waals surface area contributed by atoms with E-state index in [2.05, 4.69) is 4.90 Å². The number of hydrogen-bond donors (Lipinski definition) is 0. The van der Waals surface area contributed by atoms with Crippen LogP contribution in [0.4, 0.5) is 5.82 Å². The van der Waals surface area contributed by atoms with E-state index in [1.165, 1.54) is 11.8 Å². The number of amides is 1. The van der Waals surface area contributed by atoms with Crippen LogP contribution in [0.5, 0.6) is 0 Å². The number of rotatable bonds is 7. The van der Waals surface area contributed by atoms with Crippen LogP contribution in [0.25, 0.3) is 11.7 Å². The van der Waals surface area contributed by atoms with Crippen molar-refractivity contribution in [2.75, 3.05) is 37.7 Å². The third-order valence-corrected chi connectivity index (χ3v) is 7.11. The van der Waals surface area contributed by atoms with Gasteiger partial charge in [0.05, 0.1) is 22.7 Å². The lowest BCUT2D eigenvalue weighted by Crippen LogP contribution is -2.46. The van der Waals surface area contributed by atoms with E-state index < -0.39 is 0 Å². The van der Waals surface area contributed by atoms with E-state index in [-0.39, 0.29) is 23.7 Å². The number of ether oxygens (including phenoxy) is 2. The molecule has 2 unspecified atom stereocenters. The number of aromatic nitrogens is 2. The summed E-state index contributed by atoms with van der Waals surface area (Å²) in [6.07, 6.45) is 4.13. The molecule has 0 spiro atoms. The monoisotopic (exact) mass is 502 g/mol. The number of thioether (sulfide) groups is 1. The minimum Gasteiger partial charge on any atom is -0.382 e. The zero-order valence-corrected chi connectivity index (χ0v) is 21.6. The van der Waals surface area contributed by atoms with Gasteiger partial charge in [-0.2, -0.15) is 0 Å². The largest absolute Gasteiger partial charge is 0.382 e. The summed E-state index contributed by atoms with van der Waals surface area (Å²) < 4.78 is 13.3. The van der Waals surface area contributed by atoms with E-state index in [1.54, 1.807) is 21.6 Å². The van der Waals surface area contributed by atoms with Gasteiger partial charge < -0.3 is 14.4 Å². The summed E-state index contributed by atoms with van der Waals surface area (Å²) in [7, 11) is 0. The van der Waals surface area contributed by atoms with Gasteiger partial charge in [0, 0.05) is 39.0 Å². The Hall–Kier alpha value is -2.27. The van der Waals surface area contributed by atoms with Crippen LogP contribution in [0.3, 0.4) is 0 Å². The van der Waals surface area contributed by atoms with Crippen molar-refractivity contribution in [3.05, 3.63) is 44.7 Å². The molecule has 4 rings (SSSR count). The molecule has 182 valence electrons. The highest BCUT2D eigenvalue weighted by atomic mass is 32.2. The van der Waals surface area contributed by atoms with Crippen molar-refractivity contribution in [2.24, 2.45) is 0 Å². The van der Waals surface area contributed by atoms with Crippen LogP contribution in [0.1, 0.15) is 38.3 Å². The maximum Gasteiger partial charge on any atom is 0.267 e. The van der Waals surface area contributed by atoms with Gasteiger partial charge in [-0.05, 0) is 51.8 Å². The second-order valence-electron chi connectivity index (χ2n) is 8.64. The maximum atomic E-state index is 13.6. The van der Waals surface area contributed by atoms with Gasteiger partial charge in [0.1, 0.15) is 15.8 Å². The van der Waals surface area contributed by atoms with Crippen molar-refractivity contribution in [1.29, 1.82) is 0 Å². The van der Waals surface area contributed by atoms with Crippen molar-refractivity contribution >= 4 is 51.7 Å². The average molecular weight is 503 g/mol. The number of hydrogen-bond acceptors (Lipinski definition) is 8. The fourth-order valence-corrected chi connectivity index (χ4v) is 5.55. The van der Waals surface area contributed by atoms with E-state index in [0.29, 0.717) is 65.5 Å². The zero-order valence-electron chi connectivity index (χ0n) is 19.9. The first-order valence-corrected chi connectivity index (χ1v) is 12.8. The summed E-state index contributed by atoms with van der Waals surface area (Å²) in [5.41, 5.74) is 1.69.